The van der Waals surface area contributed by atoms with Crippen LogP contribution in [-0.2, 0) is 16.9 Å². The van der Waals surface area contributed by atoms with Crippen molar-refractivity contribution in [2.45, 2.75) is 25.6 Å². The second-order valence-electron chi connectivity index (χ2n) is 3.72. The Morgan fingerprint density at radius 1 is 1.60 bits per heavy atom. The van der Waals surface area contributed by atoms with Crippen LogP contribution in [0.2, 0.25) is 0 Å². The van der Waals surface area contributed by atoms with E-state index in [1.54, 1.807) is 13.1 Å². The lowest BCUT2D eigenvalue weighted by Crippen LogP contribution is -2.43. The molecule has 15 heavy (non-hydrogen) atoms. The molecule has 1 aromatic rings. The summed E-state index contributed by atoms with van der Waals surface area (Å²) in [5, 5.41) is 9.81. The molecule has 0 spiro atoms. The van der Waals surface area contributed by atoms with Crippen molar-refractivity contribution in [2.24, 2.45) is 0 Å². The zero-order valence-electron chi connectivity index (χ0n) is 8.20. The second kappa shape index (κ2) is 3.50. The van der Waals surface area contributed by atoms with Crippen LogP contribution in [0.25, 0.3) is 0 Å². The largest absolute Gasteiger partial charge is 0.377 e. The number of ether oxygens (including phenoxy) is 1. The molecular formula is C10H11F2NO2. The van der Waals surface area contributed by atoms with E-state index < -0.39 is 12.0 Å². The number of hydrogen-bond acceptors (Lipinski definition) is 3. The Bertz CT molecular complexity index is 384. The maximum atomic E-state index is 12.8. The number of alkyl halides is 2. The minimum absolute atomic E-state index is 0.171. The maximum absolute atomic E-state index is 12.8. The van der Waals surface area contributed by atoms with Gasteiger partial charge in [-0.15, -0.1) is 0 Å². The molecular weight excluding hydrogens is 204 g/mol. The summed E-state index contributed by atoms with van der Waals surface area (Å²) in [5.41, 5.74) is -0.903. The molecule has 2 heterocycles. The van der Waals surface area contributed by atoms with Crippen LogP contribution in [0.1, 0.15) is 16.8 Å². The molecule has 0 aliphatic carbocycles. The molecule has 1 aliphatic heterocycles. The summed E-state index contributed by atoms with van der Waals surface area (Å²) in [6, 6.07) is 1.54. The van der Waals surface area contributed by atoms with Gasteiger partial charge in [-0.2, -0.15) is 0 Å². The highest BCUT2D eigenvalue weighted by atomic mass is 19.3. The van der Waals surface area contributed by atoms with Crippen LogP contribution < -0.4 is 0 Å². The van der Waals surface area contributed by atoms with Crippen LogP contribution in [0, 0.1) is 6.92 Å². The first-order valence-electron chi connectivity index (χ1n) is 4.58. The third-order valence-electron chi connectivity index (χ3n) is 2.50. The third-order valence-corrected chi connectivity index (χ3v) is 2.50. The van der Waals surface area contributed by atoms with Crippen LogP contribution >= 0.6 is 0 Å². The van der Waals surface area contributed by atoms with Gasteiger partial charge in [0, 0.05) is 11.8 Å². The molecule has 5 heteroatoms. The van der Waals surface area contributed by atoms with Crippen molar-refractivity contribution in [1.29, 1.82) is 0 Å². The molecule has 0 saturated carbocycles. The molecule has 1 aromatic heterocycles. The molecule has 2 rings (SSSR count). The molecule has 1 unspecified atom stereocenters. The molecule has 0 bridgehead atoms. The fraction of sp³-hybridized carbons (Fsp3) is 0.500. The number of pyridine rings is 1. The monoisotopic (exact) mass is 215 g/mol. The first-order valence-corrected chi connectivity index (χ1v) is 4.58. The van der Waals surface area contributed by atoms with Crippen molar-refractivity contribution in [2.75, 3.05) is 6.61 Å². The summed E-state index contributed by atoms with van der Waals surface area (Å²) < 4.78 is 30.4. The number of aromatic nitrogens is 1. The number of aliphatic hydroxyl groups is 1. The van der Waals surface area contributed by atoms with E-state index in [4.69, 9.17) is 4.74 Å². The SMILES string of the molecule is Cc1cnc2c(c1)C(O)(C(F)F)COC2. The highest BCUT2D eigenvalue weighted by molar-refractivity contribution is 5.32. The summed E-state index contributed by atoms with van der Waals surface area (Å²) in [6.07, 6.45) is -1.31. The van der Waals surface area contributed by atoms with Gasteiger partial charge >= 0.3 is 0 Å². The van der Waals surface area contributed by atoms with Crippen LogP contribution in [0.15, 0.2) is 12.3 Å². The van der Waals surface area contributed by atoms with E-state index in [-0.39, 0.29) is 18.8 Å². The summed E-state index contributed by atoms with van der Waals surface area (Å²) >= 11 is 0. The topological polar surface area (TPSA) is 42.4 Å². The van der Waals surface area contributed by atoms with Crippen molar-refractivity contribution >= 4 is 0 Å². The van der Waals surface area contributed by atoms with Gasteiger partial charge in [0.15, 0.2) is 5.60 Å². The zero-order valence-corrected chi connectivity index (χ0v) is 8.20. The Labute approximate surface area is 85.7 Å². The van der Waals surface area contributed by atoms with E-state index in [0.717, 1.165) is 5.56 Å². The zero-order chi connectivity index (χ0) is 11.1. The van der Waals surface area contributed by atoms with E-state index in [1.165, 1.54) is 6.07 Å². The van der Waals surface area contributed by atoms with Gasteiger partial charge in [0.05, 0.1) is 18.9 Å². The van der Waals surface area contributed by atoms with E-state index in [1.807, 2.05) is 0 Å². The summed E-state index contributed by atoms with van der Waals surface area (Å²) in [7, 11) is 0. The van der Waals surface area contributed by atoms with E-state index in [9.17, 15) is 13.9 Å². The predicted molar refractivity (Wildman–Crippen MR) is 48.5 cm³/mol. The lowest BCUT2D eigenvalue weighted by Gasteiger charge is -2.32. The van der Waals surface area contributed by atoms with Gasteiger partial charge in [-0.3, -0.25) is 4.98 Å². The molecule has 0 radical (unpaired) electrons. The molecule has 1 N–H and O–H groups in total. The average molecular weight is 215 g/mol. The molecule has 1 atom stereocenters. The smallest absolute Gasteiger partial charge is 0.273 e. The van der Waals surface area contributed by atoms with Crippen molar-refractivity contribution in [3.8, 4) is 0 Å². The van der Waals surface area contributed by atoms with Crippen LogP contribution in [-0.4, -0.2) is 23.1 Å². The second-order valence-corrected chi connectivity index (χ2v) is 3.72. The molecule has 0 aromatic carbocycles. The first kappa shape index (κ1) is 10.4. The number of aryl methyl sites for hydroxylation is 1. The van der Waals surface area contributed by atoms with Gasteiger partial charge < -0.3 is 9.84 Å². The Hall–Kier alpha value is -1.07. The molecule has 3 nitrogen and oxygen atoms in total. The van der Waals surface area contributed by atoms with Crippen molar-refractivity contribution in [3.05, 3.63) is 29.1 Å². The lowest BCUT2D eigenvalue weighted by molar-refractivity contribution is -0.157. The molecule has 1 aliphatic rings. The normalized spacial score (nSPS) is 25.4. The first-order chi connectivity index (χ1) is 7.04. The average Bonchev–Trinajstić information content (AvgIpc) is 2.19. The Morgan fingerprint density at radius 3 is 3.00 bits per heavy atom. The molecule has 82 valence electrons. The number of hydrogen-bond donors (Lipinski definition) is 1. The van der Waals surface area contributed by atoms with Crippen LogP contribution in [0.3, 0.4) is 0 Å². The predicted octanol–water partition coefficient (Wildman–Crippen LogP) is 1.37. The van der Waals surface area contributed by atoms with Gasteiger partial charge in [-0.05, 0) is 18.6 Å². The van der Waals surface area contributed by atoms with Gasteiger partial charge in [-0.1, -0.05) is 0 Å². The fourth-order valence-electron chi connectivity index (χ4n) is 1.65. The van der Waals surface area contributed by atoms with Crippen LogP contribution in [0.4, 0.5) is 8.78 Å². The van der Waals surface area contributed by atoms with Gasteiger partial charge in [0.25, 0.3) is 6.43 Å². The Balaban J connectivity index is 2.54. The Morgan fingerprint density at radius 2 is 2.33 bits per heavy atom. The van der Waals surface area contributed by atoms with E-state index >= 15 is 0 Å². The number of fused-ring (bicyclic) bond motifs is 1. The minimum atomic E-state index is -2.87. The standard InChI is InChI=1S/C10H11F2NO2/c1-6-2-7-8(13-3-6)4-15-5-10(7,14)9(11)12/h2-3,9,14H,4-5H2,1H3. The lowest BCUT2D eigenvalue weighted by atomic mass is 9.91. The number of halogens is 2. The maximum Gasteiger partial charge on any atom is 0.273 e. The van der Waals surface area contributed by atoms with Crippen molar-refractivity contribution in [1.82, 2.24) is 4.98 Å². The highest BCUT2D eigenvalue weighted by Crippen LogP contribution is 2.34. The minimum Gasteiger partial charge on any atom is -0.377 e. The van der Waals surface area contributed by atoms with E-state index in [0.29, 0.717) is 5.69 Å². The molecule has 0 fully saturated rings. The van der Waals surface area contributed by atoms with Crippen molar-refractivity contribution in [3.63, 3.8) is 0 Å². The molecule has 0 amide bonds. The van der Waals surface area contributed by atoms with E-state index in [2.05, 4.69) is 4.98 Å². The van der Waals surface area contributed by atoms with Gasteiger partial charge in [0.1, 0.15) is 0 Å². The van der Waals surface area contributed by atoms with Gasteiger partial charge in [-0.25, -0.2) is 8.78 Å². The quantitative estimate of drug-likeness (QED) is 0.769. The highest BCUT2D eigenvalue weighted by Gasteiger charge is 2.44. The summed E-state index contributed by atoms with van der Waals surface area (Å²) in [4.78, 5) is 3.98. The summed E-state index contributed by atoms with van der Waals surface area (Å²) in [6.45, 7) is 1.53. The third kappa shape index (κ3) is 1.61. The van der Waals surface area contributed by atoms with Gasteiger partial charge in [0.2, 0.25) is 0 Å². The summed E-state index contributed by atoms with van der Waals surface area (Å²) in [5.74, 6) is 0. The number of rotatable bonds is 1. The molecule has 0 saturated heterocycles. The Kier molecular flexibility index (Phi) is 2.44. The van der Waals surface area contributed by atoms with Crippen LogP contribution in [0.5, 0.6) is 0 Å². The fourth-order valence-corrected chi connectivity index (χ4v) is 1.65. The van der Waals surface area contributed by atoms with Crippen molar-refractivity contribution < 1.29 is 18.6 Å². The number of nitrogens with zero attached hydrogens (tertiary/aromatic N) is 1.